The molecule has 1 N–H and O–H groups in total. The molecule has 1 aliphatic rings. The second kappa shape index (κ2) is 10.2. The fourth-order valence-corrected chi connectivity index (χ4v) is 5.71. The lowest BCUT2D eigenvalue weighted by Gasteiger charge is -2.31. The third-order valence-corrected chi connectivity index (χ3v) is 8.16. The topological polar surface area (TPSA) is 79.4 Å². The summed E-state index contributed by atoms with van der Waals surface area (Å²) < 4.78 is 41.4. The lowest BCUT2D eigenvalue weighted by Crippen LogP contribution is -2.38. The van der Waals surface area contributed by atoms with Gasteiger partial charge in [0.2, 0.25) is 10.0 Å². The number of benzene rings is 2. The average molecular weight is 502 g/mol. The zero-order chi connectivity index (χ0) is 24.3. The largest absolute Gasteiger partial charge is 0.348 e. The van der Waals surface area contributed by atoms with E-state index in [0.29, 0.717) is 47.8 Å². The second-order valence-corrected chi connectivity index (χ2v) is 10.7. The highest BCUT2D eigenvalue weighted by Gasteiger charge is 2.32. The summed E-state index contributed by atoms with van der Waals surface area (Å²) in [6, 6.07) is 15.9. The van der Waals surface area contributed by atoms with Gasteiger partial charge in [0.25, 0.3) is 5.91 Å². The van der Waals surface area contributed by atoms with Crippen LogP contribution in [0.5, 0.6) is 0 Å². The van der Waals surface area contributed by atoms with Crippen LogP contribution in [0.2, 0.25) is 5.02 Å². The highest BCUT2D eigenvalue weighted by molar-refractivity contribution is 7.89. The molecule has 1 amide bonds. The zero-order valence-electron chi connectivity index (χ0n) is 18.7. The number of nitrogens with zero attached hydrogens (tertiary/aromatic N) is 2. The Morgan fingerprint density at radius 1 is 1.09 bits per heavy atom. The number of pyridine rings is 1. The third-order valence-electron chi connectivity index (χ3n) is 6.00. The number of nitrogens with one attached hydrogen (secondary N) is 1. The number of carbonyl (C=O) groups is 1. The van der Waals surface area contributed by atoms with Crippen LogP contribution in [0.25, 0.3) is 0 Å². The summed E-state index contributed by atoms with van der Waals surface area (Å²) in [7, 11) is -3.62. The molecule has 1 fully saturated rings. The summed E-state index contributed by atoms with van der Waals surface area (Å²) in [4.78, 5) is 17.8. The van der Waals surface area contributed by atoms with Gasteiger partial charge in [0, 0.05) is 41.8 Å². The molecule has 0 radical (unpaired) electrons. The summed E-state index contributed by atoms with van der Waals surface area (Å²) in [5.74, 6) is -0.771. The standard InChI is InChI=1S/C25H25ClFN3O3S/c1-17-6-11-22(25(31)28-16-19-4-2-3-5-23(19)27)24(29-17)18-12-14-30(15-13-18)34(32,33)21-9-7-20(26)8-10-21/h2-11,18H,12-16H2,1H3,(H,28,31). The highest BCUT2D eigenvalue weighted by atomic mass is 35.5. The van der Waals surface area contributed by atoms with Crippen molar-refractivity contribution in [3.8, 4) is 0 Å². The number of hydrogen-bond acceptors (Lipinski definition) is 4. The van der Waals surface area contributed by atoms with Crippen molar-refractivity contribution in [1.29, 1.82) is 0 Å². The Bertz CT molecular complexity index is 1290. The van der Waals surface area contributed by atoms with Crippen LogP contribution in [0.4, 0.5) is 4.39 Å². The first-order valence-corrected chi connectivity index (χ1v) is 12.8. The van der Waals surface area contributed by atoms with E-state index in [1.54, 1.807) is 42.5 Å². The van der Waals surface area contributed by atoms with Crippen molar-refractivity contribution in [2.24, 2.45) is 0 Å². The highest BCUT2D eigenvalue weighted by Crippen LogP contribution is 2.32. The zero-order valence-corrected chi connectivity index (χ0v) is 20.2. The normalized spacial score (nSPS) is 15.3. The van der Waals surface area contributed by atoms with Crippen LogP contribution < -0.4 is 5.32 Å². The molecule has 1 aromatic heterocycles. The molecule has 178 valence electrons. The van der Waals surface area contributed by atoms with E-state index in [9.17, 15) is 17.6 Å². The van der Waals surface area contributed by atoms with Crippen molar-refractivity contribution in [1.82, 2.24) is 14.6 Å². The van der Waals surface area contributed by atoms with Gasteiger partial charge in [0.05, 0.1) is 16.2 Å². The van der Waals surface area contributed by atoms with Crippen molar-refractivity contribution in [2.75, 3.05) is 13.1 Å². The average Bonchev–Trinajstić information content (AvgIpc) is 2.83. The van der Waals surface area contributed by atoms with Crippen LogP contribution in [0, 0.1) is 12.7 Å². The Labute approximate surface area is 203 Å². The van der Waals surface area contributed by atoms with Crippen molar-refractivity contribution in [3.63, 3.8) is 0 Å². The lowest BCUT2D eigenvalue weighted by molar-refractivity contribution is 0.0948. The van der Waals surface area contributed by atoms with Crippen molar-refractivity contribution < 1.29 is 17.6 Å². The van der Waals surface area contributed by atoms with Crippen molar-refractivity contribution in [2.45, 2.75) is 37.1 Å². The van der Waals surface area contributed by atoms with E-state index in [2.05, 4.69) is 10.3 Å². The molecule has 0 spiro atoms. The van der Waals surface area contributed by atoms with Gasteiger partial charge >= 0.3 is 0 Å². The minimum atomic E-state index is -3.62. The first-order valence-electron chi connectivity index (χ1n) is 11.0. The lowest BCUT2D eigenvalue weighted by atomic mass is 9.90. The summed E-state index contributed by atoms with van der Waals surface area (Å²) in [6.07, 6.45) is 1.08. The number of rotatable bonds is 6. The maximum absolute atomic E-state index is 13.9. The van der Waals surface area contributed by atoms with Gasteiger partial charge in [-0.1, -0.05) is 29.8 Å². The molecular formula is C25H25ClFN3O3S. The molecule has 4 rings (SSSR count). The molecule has 1 aliphatic heterocycles. The van der Waals surface area contributed by atoms with Gasteiger partial charge in [-0.3, -0.25) is 9.78 Å². The molecule has 1 saturated heterocycles. The van der Waals surface area contributed by atoms with Crippen LogP contribution in [-0.2, 0) is 16.6 Å². The molecule has 6 nitrogen and oxygen atoms in total. The van der Waals surface area contributed by atoms with E-state index in [1.807, 2.05) is 6.92 Å². The Hall–Kier alpha value is -2.81. The molecule has 0 aliphatic carbocycles. The predicted octanol–water partition coefficient (Wildman–Crippen LogP) is 4.68. The fraction of sp³-hybridized carbons (Fsp3) is 0.280. The number of halogens is 2. The number of carbonyl (C=O) groups excluding carboxylic acids is 1. The van der Waals surface area contributed by atoms with E-state index in [-0.39, 0.29) is 29.1 Å². The van der Waals surface area contributed by atoms with Gasteiger partial charge < -0.3 is 5.32 Å². The van der Waals surface area contributed by atoms with Crippen LogP contribution in [0.3, 0.4) is 0 Å². The SMILES string of the molecule is Cc1ccc(C(=O)NCc2ccccc2F)c(C2CCN(S(=O)(=O)c3ccc(Cl)cc3)CC2)n1. The molecule has 34 heavy (non-hydrogen) atoms. The quantitative estimate of drug-likeness (QED) is 0.532. The van der Waals surface area contributed by atoms with Crippen LogP contribution in [-0.4, -0.2) is 36.7 Å². The van der Waals surface area contributed by atoms with E-state index in [1.165, 1.54) is 22.5 Å². The summed E-state index contributed by atoms with van der Waals surface area (Å²) >= 11 is 5.89. The smallest absolute Gasteiger partial charge is 0.253 e. The van der Waals surface area contributed by atoms with Crippen molar-refractivity contribution in [3.05, 3.63) is 94.0 Å². The van der Waals surface area contributed by atoms with E-state index < -0.39 is 10.0 Å². The first kappa shape index (κ1) is 24.3. The number of aromatic nitrogens is 1. The monoisotopic (exact) mass is 501 g/mol. The molecule has 9 heteroatoms. The fourth-order valence-electron chi connectivity index (χ4n) is 4.12. The maximum Gasteiger partial charge on any atom is 0.253 e. The molecule has 0 atom stereocenters. The Morgan fingerprint density at radius 3 is 2.44 bits per heavy atom. The van der Waals surface area contributed by atoms with Gasteiger partial charge in [-0.2, -0.15) is 4.31 Å². The molecule has 0 unspecified atom stereocenters. The van der Waals surface area contributed by atoms with Gasteiger partial charge in [-0.15, -0.1) is 0 Å². The number of hydrogen-bond donors (Lipinski definition) is 1. The summed E-state index contributed by atoms with van der Waals surface area (Å²) in [5, 5.41) is 3.25. The minimum absolute atomic E-state index is 0.0641. The molecule has 2 heterocycles. The predicted molar refractivity (Wildman–Crippen MR) is 129 cm³/mol. The van der Waals surface area contributed by atoms with Crippen LogP contribution in [0.1, 0.15) is 46.1 Å². The number of amides is 1. The van der Waals surface area contributed by atoms with E-state index in [4.69, 9.17) is 11.6 Å². The molecule has 0 bridgehead atoms. The van der Waals surface area contributed by atoms with Gasteiger partial charge in [0.1, 0.15) is 5.82 Å². The van der Waals surface area contributed by atoms with Gasteiger partial charge in [-0.05, 0) is 62.2 Å². The molecule has 2 aromatic carbocycles. The van der Waals surface area contributed by atoms with Crippen LogP contribution in [0.15, 0.2) is 65.6 Å². The minimum Gasteiger partial charge on any atom is -0.348 e. The Balaban J connectivity index is 1.48. The summed E-state index contributed by atoms with van der Waals surface area (Å²) in [6.45, 7) is 2.56. The Morgan fingerprint density at radius 2 is 1.76 bits per heavy atom. The second-order valence-electron chi connectivity index (χ2n) is 8.29. The number of piperidine rings is 1. The van der Waals surface area contributed by atoms with Crippen LogP contribution >= 0.6 is 11.6 Å². The first-order chi connectivity index (χ1) is 16.3. The molecule has 3 aromatic rings. The Kier molecular flexibility index (Phi) is 7.30. The maximum atomic E-state index is 13.9. The third kappa shape index (κ3) is 5.29. The van der Waals surface area contributed by atoms with Crippen molar-refractivity contribution >= 4 is 27.5 Å². The molecule has 0 saturated carbocycles. The molecular weight excluding hydrogens is 477 g/mol. The number of sulfonamides is 1. The van der Waals surface area contributed by atoms with E-state index in [0.717, 1.165) is 5.69 Å². The van der Waals surface area contributed by atoms with Gasteiger partial charge in [-0.25, -0.2) is 12.8 Å². The van der Waals surface area contributed by atoms with E-state index >= 15 is 0 Å². The van der Waals surface area contributed by atoms with Gasteiger partial charge in [0.15, 0.2) is 0 Å². The summed E-state index contributed by atoms with van der Waals surface area (Å²) in [5.41, 5.74) is 2.26. The number of aryl methyl sites for hydroxylation is 1.